The molecule has 0 saturated carbocycles. The molecule has 4 heteroatoms. The van der Waals surface area contributed by atoms with Crippen LogP contribution in [0.25, 0.3) is 21.8 Å². The van der Waals surface area contributed by atoms with E-state index in [0.717, 1.165) is 28.2 Å². The number of pyridine rings is 1. The molecule has 1 aromatic carbocycles. The molecule has 0 spiro atoms. The van der Waals surface area contributed by atoms with Crippen molar-refractivity contribution in [1.82, 2.24) is 4.98 Å². The van der Waals surface area contributed by atoms with Gasteiger partial charge in [0, 0.05) is 42.3 Å². The van der Waals surface area contributed by atoms with Gasteiger partial charge in [0.2, 0.25) is 5.69 Å². The first-order valence-corrected chi connectivity index (χ1v) is 7.41. The van der Waals surface area contributed by atoms with Gasteiger partial charge >= 0.3 is 0 Å². The van der Waals surface area contributed by atoms with Crippen LogP contribution in [0, 0.1) is 20.4 Å². The Balaban J connectivity index is 2.32. The van der Waals surface area contributed by atoms with E-state index < -0.39 is 0 Å². The fraction of sp³-hybridized carbons (Fsp3) is 0.158. The van der Waals surface area contributed by atoms with E-state index in [1.807, 2.05) is 48.1 Å². The van der Waals surface area contributed by atoms with E-state index in [0.29, 0.717) is 5.69 Å². The highest BCUT2D eigenvalue weighted by Crippen LogP contribution is 2.29. The topological polar surface area (TPSA) is 25.0 Å². The van der Waals surface area contributed by atoms with Gasteiger partial charge in [-0.15, -0.1) is 0 Å². The minimum absolute atomic E-state index is 0.633. The zero-order valence-corrected chi connectivity index (χ0v) is 13.5. The Hall–Kier alpha value is -3.06. The lowest BCUT2D eigenvalue weighted by atomic mass is 10.0. The summed E-state index contributed by atoms with van der Waals surface area (Å²) in [6, 6.07) is 11.9. The van der Waals surface area contributed by atoms with Gasteiger partial charge in [0.15, 0.2) is 17.6 Å². The van der Waals surface area contributed by atoms with E-state index in [1.54, 1.807) is 12.5 Å². The normalized spacial score (nSPS) is 10.3. The van der Waals surface area contributed by atoms with Gasteiger partial charge < -0.3 is 0 Å². The number of benzene rings is 1. The van der Waals surface area contributed by atoms with Crippen molar-refractivity contribution in [2.45, 2.75) is 13.8 Å². The molecular formula is C19H18N4+2. The molecule has 0 atom stereocenters. The molecule has 2 aromatic heterocycles. The number of nitrogens with zero attached hydrogens (tertiary/aromatic N) is 4. The third-order valence-corrected chi connectivity index (χ3v) is 4.03. The molecular weight excluding hydrogens is 284 g/mol. The first-order valence-electron chi connectivity index (χ1n) is 7.41. The van der Waals surface area contributed by atoms with E-state index in [2.05, 4.69) is 34.3 Å². The maximum atomic E-state index is 7.44. The molecule has 0 saturated heterocycles. The van der Waals surface area contributed by atoms with E-state index >= 15 is 0 Å². The first kappa shape index (κ1) is 14.9. The standard InChI is InChI=1S/C19H18N4/c1-14-7-5-6-10-23(14)19-12-16(20-3)11-17(15(19)2)18-8-9-21-13-22(18)4/h5-13H,1-2,4H3/q+2. The predicted molar refractivity (Wildman–Crippen MR) is 88.1 cm³/mol. The summed E-state index contributed by atoms with van der Waals surface area (Å²) in [5.41, 5.74) is 6.02. The van der Waals surface area contributed by atoms with Crippen LogP contribution in [0.15, 0.2) is 55.1 Å². The summed E-state index contributed by atoms with van der Waals surface area (Å²) in [5.74, 6) is 0. The molecule has 0 radical (unpaired) electrons. The predicted octanol–water partition coefficient (Wildman–Crippen LogP) is 3.02. The molecule has 0 aliphatic carbocycles. The number of hydrogen-bond donors (Lipinski definition) is 0. The molecule has 0 aliphatic heterocycles. The molecule has 0 N–H and O–H groups in total. The summed E-state index contributed by atoms with van der Waals surface area (Å²) in [6.45, 7) is 11.6. The summed E-state index contributed by atoms with van der Waals surface area (Å²) in [5, 5.41) is 0. The van der Waals surface area contributed by atoms with Crippen molar-refractivity contribution in [3.63, 3.8) is 0 Å². The average Bonchev–Trinajstić information content (AvgIpc) is 2.57. The largest absolute Gasteiger partial charge is 0.286 e. The highest BCUT2D eigenvalue weighted by molar-refractivity contribution is 5.71. The lowest BCUT2D eigenvalue weighted by Crippen LogP contribution is -2.35. The summed E-state index contributed by atoms with van der Waals surface area (Å²) in [6.07, 6.45) is 5.58. The summed E-state index contributed by atoms with van der Waals surface area (Å²) >= 11 is 0. The van der Waals surface area contributed by atoms with E-state index in [-0.39, 0.29) is 0 Å². The van der Waals surface area contributed by atoms with Crippen molar-refractivity contribution in [3.8, 4) is 16.9 Å². The van der Waals surface area contributed by atoms with Gasteiger partial charge in [-0.05, 0) is 13.0 Å². The Morgan fingerprint density at radius 1 is 1.13 bits per heavy atom. The smallest absolute Gasteiger partial charge is 0.238 e. The summed E-state index contributed by atoms with van der Waals surface area (Å²) in [7, 11) is 1.97. The van der Waals surface area contributed by atoms with E-state index in [9.17, 15) is 0 Å². The fourth-order valence-electron chi connectivity index (χ4n) is 2.78. The average molecular weight is 302 g/mol. The third-order valence-electron chi connectivity index (χ3n) is 4.03. The Labute approximate surface area is 136 Å². The van der Waals surface area contributed by atoms with Crippen LogP contribution in [-0.2, 0) is 7.05 Å². The van der Waals surface area contributed by atoms with Crippen LogP contribution in [-0.4, -0.2) is 4.98 Å². The number of hydrogen-bond acceptors (Lipinski definition) is 1. The SMILES string of the molecule is [C-]#[N+]c1cc(-c2ccnc[n+]2C)c(C)c(-[n+]2ccccc2C)c1. The minimum atomic E-state index is 0.633. The van der Waals surface area contributed by atoms with Gasteiger partial charge in [0.05, 0.1) is 13.6 Å². The molecule has 0 unspecified atom stereocenters. The van der Waals surface area contributed by atoms with Crippen LogP contribution < -0.4 is 9.13 Å². The Morgan fingerprint density at radius 3 is 2.65 bits per heavy atom. The number of rotatable bonds is 2. The van der Waals surface area contributed by atoms with Crippen LogP contribution in [0.4, 0.5) is 5.69 Å². The van der Waals surface area contributed by atoms with Gasteiger partial charge in [0.25, 0.3) is 6.33 Å². The van der Waals surface area contributed by atoms with Crippen LogP contribution >= 0.6 is 0 Å². The van der Waals surface area contributed by atoms with Gasteiger partial charge in [-0.2, -0.15) is 4.57 Å². The number of aryl methyl sites for hydroxylation is 2. The highest BCUT2D eigenvalue weighted by Gasteiger charge is 2.20. The van der Waals surface area contributed by atoms with Gasteiger partial charge in [0.1, 0.15) is 11.9 Å². The molecule has 3 aromatic rings. The minimum Gasteiger partial charge on any atom is -0.238 e. The molecule has 0 aliphatic rings. The fourth-order valence-corrected chi connectivity index (χ4v) is 2.78. The highest BCUT2D eigenvalue weighted by atomic mass is 15.0. The maximum Gasteiger partial charge on any atom is 0.286 e. The molecule has 4 nitrogen and oxygen atoms in total. The molecule has 23 heavy (non-hydrogen) atoms. The Kier molecular flexibility index (Phi) is 3.86. The van der Waals surface area contributed by atoms with Crippen molar-refractivity contribution >= 4 is 5.69 Å². The van der Waals surface area contributed by atoms with Gasteiger partial charge in [-0.25, -0.2) is 9.41 Å². The van der Waals surface area contributed by atoms with Gasteiger partial charge in [-0.3, -0.25) is 0 Å². The first-order chi connectivity index (χ1) is 11.1. The van der Waals surface area contributed by atoms with Crippen molar-refractivity contribution < 1.29 is 9.13 Å². The van der Waals surface area contributed by atoms with E-state index in [1.165, 1.54) is 0 Å². The quantitative estimate of drug-likeness (QED) is 0.527. The van der Waals surface area contributed by atoms with Crippen LogP contribution in [0.5, 0.6) is 0 Å². The second-order valence-electron chi connectivity index (χ2n) is 5.54. The second kappa shape index (κ2) is 5.98. The zero-order valence-electron chi connectivity index (χ0n) is 13.5. The van der Waals surface area contributed by atoms with Crippen LogP contribution in [0.1, 0.15) is 11.3 Å². The van der Waals surface area contributed by atoms with Crippen molar-refractivity contribution in [1.29, 1.82) is 0 Å². The van der Waals surface area contributed by atoms with E-state index in [4.69, 9.17) is 6.57 Å². The van der Waals surface area contributed by atoms with Crippen molar-refractivity contribution in [2.75, 3.05) is 0 Å². The maximum absolute atomic E-state index is 7.44. The molecule has 0 fully saturated rings. The zero-order chi connectivity index (χ0) is 16.4. The lowest BCUT2D eigenvalue weighted by Gasteiger charge is -2.10. The Bertz CT molecular complexity index is 856. The van der Waals surface area contributed by atoms with Crippen molar-refractivity contribution in [3.05, 3.63) is 77.8 Å². The number of aromatic nitrogens is 3. The van der Waals surface area contributed by atoms with Crippen LogP contribution in [0.2, 0.25) is 0 Å². The molecule has 2 heterocycles. The second-order valence-corrected chi connectivity index (χ2v) is 5.54. The third kappa shape index (κ3) is 2.69. The van der Waals surface area contributed by atoms with Gasteiger partial charge in [-0.1, -0.05) is 11.1 Å². The summed E-state index contributed by atoms with van der Waals surface area (Å²) < 4.78 is 4.09. The van der Waals surface area contributed by atoms with Crippen LogP contribution in [0.3, 0.4) is 0 Å². The molecule has 112 valence electrons. The molecule has 0 amide bonds. The Morgan fingerprint density at radius 2 is 1.96 bits per heavy atom. The monoisotopic (exact) mass is 302 g/mol. The lowest BCUT2D eigenvalue weighted by molar-refractivity contribution is -0.663. The summed E-state index contributed by atoms with van der Waals surface area (Å²) in [4.78, 5) is 7.79. The molecule has 3 rings (SSSR count). The van der Waals surface area contributed by atoms with Crippen molar-refractivity contribution in [2.24, 2.45) is 7.05 Å². The molecule has 0 bridgehead atoms.